The van der Waals surface area contributed by atoms with Gasteiger partial charge in [0.1, 0.15) is 0 Å². The molecule has 2 saturated heterocycles. The standard InChI is InChI=1S/C18H23N3O5/c1-13-12-15(2-3-16(13)21(24)25)18(23)19-6-4-14(5-7-19)17(22)20-8-10-26-11-9-20/h2-3,12,14H,4-11H2,1H3. The number of carbonyl (C=O) groups is 2. The Morgan fingerprint density at radius 2 is 1.77 bits per heavy atom. The quantitative estimate of drug-likeness (QED) is 0.602. The van der Waals surface area contributed by atoms with Crippen LogP contribution in [0, 0.1) is 23.0 Å². The first-order valence-electron chi connectivity index (χ1n) is 8.88. The number of aryl methyl sites for hydroxylation is 1. The molecule has 2 fully saturated rings. The highest BCUT2D eigenvalue weighted by Gasteiger charge is 2.31. The maximum absolute atomic E-state index is 12.7. The number of carbonyl (C=O) groups excluding carboxylic acids is 2. The monoisotopic (exact) mass is 361 g/mol. The second-order valence-corrected chi connectivity index (χ2v) is 6.76. The maximum Gasteiger partial charge on any atom is 0.272 e. The highest BCUT2D eigenvalue weighted by atomic mass is 16.6. The minimum atomic E-state index is -0.452. The fraction of sp³-hybridized carbons (Fsp3) is 0.556. The Bertz CT molecular complexity index is 707. The molecule has 0 saturated carbocycles. The topological polar surface area (TPSA) is 93.0 Å². The molecular weight excluding hydrogens is 338 g/mol. The number of rotatable bonds is 3. The van der Waals surface area contributed by atoms with Crippen molar-refractivity contribution in [3.8, 4) is 0 Å². The van der Waals surface area contributed by atoms with Crippen molar-refractivity contribution in [3.63, 3.8) is 0 Å². The summed E-state index contributed by atoms with van der Waals surface area (Å²) in [4.78, 5) is 39.2. The summed E-state index contributed by atoms with van der Waals surface area (Å²) in [5.74, 6) is -0.0254. The first kappa shape index (κ1) is 18.3. The van der Waals surface area contributed by atoms with E-state index >= 15 is 0 Å². The third-order valence-electron chi connectivity index (χ3n) is 5.09. The van der Waals surface area contributed by atoms with Gasteiger partial charge in [-0.25, -0.2) is 0 Å². The lowest BCUT2D eigenvalue weighted by molar-refractivity contribution is -0.385. The van der Waals surface area contributed by atoms with E-state index < -0.39 is 4.92 Å². The zero-order chi connectivity index (χ0) is 18.7. The smallest absolute Gasteiger partial charge is 0.272 e. The molecule has 0 radical (unpaired) electrons. The summed E-state index contributed by atoms with van der Waals surface area (Å²) in [5, 5.41) is 10.9. The number of nitro benzene ring substituents is 1. The van der Waals surface area contributed by atoms with Crippen LogP contribution in [0.25, 0.3) is 0 Å². The second-order valence-electron chi connectivity index (χ2n) is 6.76. The number of nitro groups is 1. The van der Waals surface area contributed by atoms with Crippen LogP contribution in [0.15, 0.2) is 18.2 Å². The van der Waals surface area contributed by atoms with E-state index in [-0.39, 0.29) is 23.4 Å². The lowest BCUT2D eigenvalue weighted by Crippen LogP contribution is -2.47. The van der Waals surface area contributed by atoms with Crippen LogP contribution >= 0.6 is 0 Å². The molecule has 0 atom stereocenters. The highest BCUT2D eigenvalue weighted by molar-refractivity contribution is 5.95. The van der Waals surface area contributed by atoms with E-state index in [1.54, 1.807) is 17.9 Å². The zero-order valence-electron chi connectivity index (χ0n) is 14.8. The van der Waals surface area contributed by atoms with Gasteiger partial charge < -0.3 is 14.5 Å². The molecule has 2 amide bonds. The molecule has 8 nitrogen and oxygen atoms in total. The maximum atomic E-state index is 12.7. The average molecular weight is 361 g/mol. The number of piperidine rings is 1. The third-order valence-corrected chi connectivity index (χ3v) is 5.09. The Morgan fingerprint density at radius 1 is 1.12 bits per heavy atom. The molecule has 0 unspecified atom stereocenters. The van der Waals surface area contributed by atoms with Crippen LogP contribution in [-0.4, -0.2) is 65.9 Å². The summed E-state index contributed by atoms with van der Waals surface area (Å²) in [5.41, 5.74) is 0.931. The Labute approximate surface area is 151 Å². The molecule has 8 heteroatoms. The van der Waals surface area contributed by atoms with E-state index in [9.17, 15) is 19.7 Å². The van der Waals surface area contributed by atoms with Crippen LogP contribution in [0.1, 0.15) is 28.8 Å². The van der Waals surface area contributed by atoms with E-state index in [1.165, 1.54) is 12.1 Å². The molecule has 2 heterocycles. The molecule has 0 spiro atoms. The molecule has 0 aromatic heterocycles. The summed E-state index contributed by atoms with van der Waals surface area (Å²) < 4.78 is 5.28. The molecular formula is C18H23N3O5. The number of morpholine rings is 1. The SMILES string of the molecule is Cc1cc(C(=O)N2CCC(C(=O)N3CCOCC3)CC2)ccc1[N+](=O)[O-]. The fourth-order valence-electron chi connectivity index (χ4n) is 3.55. The number of nitrogens with zero attached hydrogens (tertiary/aromatic N) is 3. The van der Waals surface area contributed by atoms with Gasteiger partial charge in [-0.1, -0.05) is 0 Å². The third kappa shape index (κ3) is 3.85. The molecule has 0 N–H and O–H groups in total. The molecule has 26 heavy (non-hydrogen) atoms. The van der Waals surface area contributed by atoms with E-state index in [0.29, 0.717) is 63.4 Å². The Hall–Kier alpha value is -2.48. The summed E-state index contributed by atoms with van der Waals surface area (Å²) >= 11 is 0. The largest absolute Gasteiger partial charge is 0.378 e. The first-order valence-corrected chi connectivity index (χ1v) is 8.88. The molecule has 0 bridgehead atoms. The van der Waals surface area contributed by atoms with Crippen LogP contribution in [-0.2, 0) is 9.53 Å². The van der Waals surface area contributed by atoms with E-state index in [4.69, 9.17) is 4.74 Å². The predicted octanol–water partition coefficient (Wildman–Crippen LogP) is 1.61. The highest BCUT2D eigenvalue weighted by Crippen LogP contribution is 2.24. The van der Waals surface area contributed by atoms with Crippen molar-refractivity contribution < 1.29 is 19.2 Å². The van der Waals surface area contributed by atoms with Crippen LogP contribution in [0.5, 0.6) is 0 Å². The number of ether oxygens (including phenoxy) is 1. The van der Waals surface area contributed by atoms with Crippen molar-refractivity contribution in [2.45, 2.75) is 19.8 Å². The predicted molar refractivity (Wildman–Crippen MR) is 93.9 cm³/mol. The van der Waals surface area contributed by atoms with Crippen molar-refractivity contribution in [2.24, 2.45) is 5.92 Å². The molecule has 1 aromatic rings. The molecule has 0 aliphatic carbocycles. The minimum absolute atomic E-state index is 0.0105. The molecule has 1 aromatic carbocycles. The van der Waals surface area contributed by atoms with Crippen LogP contribution in [0.4, 0.5) is 5.69 Å². The number of hydrogen-bond donors (Lipinski definition) is 0. The van der Waals surface area contributed by atoms with Crippen molar-refractivity contribution in [1.82, 2.24) is 9.80 Å². The lowest BCUT2D eigenvalue weighted by Gasteiger charge is -2.35. The second kappa shape index (κ2) is 7.82. The van der Waals surface area contributed by atoms with Gasteiger partial charge >= 0.3 is 0 Å². The van der Waals surface area contributed by atoms with Gasteiger partial charge in [0.25, 0.3) is 11.6 Å². The van der Waals surface area contributed by atoms with E-state index in [0.717, 1.165) is 0 Å². The number of likely N-dealkylation sites (tertiary alicyclic amines) is 1. The number of amides is 2. The van der Waals surface area contributed by atoms with Gasteiger partial charge in [0.15, 0.2) is 0 Å². The Morgan fingerprint density at radius 3 is 2.35 bits per heavy atom. The summed E-state index contributed by atoms with van der Waals surface area (Å²) in [6, 6.07) is 4.43. The van der Waals surface area contributed by atoms with Gasteiger partial charge in [-0.05, 0) is 31.9 Å². The molecule has 2 aliphatic heterocycles. The van der Waals surface area contributed by atoms with Gasteiger partial charge in [-0.3, -0.25) is 19.7 Å². The lowest BCUT2D eigenvalue weighted by atomic mass is 9.94. The van der Waals surface area contributed by atoms with Gasteiger partial charge in [0.2, 0.25) is 5.91 Å². The van der Waals surface area contributed by atoms with Crippen molar-refractivity contribution in [2.75, 3.05) is 39.4 Å². The summed E-state index contributed by atoms with van der Waals surface area (Å²) in [7, 11) is 0. The van der Waals surface area contributed by atoms with Crippen LogP contribution in [0.2, 0.25) is 0 Å². The number of benzene rings is 1. The van der Waals surface area contributed by atoms with Gasteiger partial charge in [-0.2, -0.15) is 0 Å². The minimum Gasteiger partial charge on any atom is -0.378 e. The Balaban J connectivity index is 1.59. The van der Waals surface area contributed by atoms with Crippen molar-refractivity contribution in [1.29, 1.82) is 0 Å². The van der Waals surface area contributed by atoms with E-state index in [1.807, 2.05) is 4.90 Å². The molecule has 2 aliphatic rings. The normalized spacial score (nSPS) is 18.7. The Kier molecular flexibility index (Phi) is 5.51. The van der Waals surface area contributed by atoms with Crippen LogP contribution in [0.3, 0.4) is 0 Å². The summed E-state index contributed by atoms with van der Waals surface area (Å²) in [6.07, 6.45) is 1.29. The average Bonchev–Trinajstić information content (AvgIpc) is 2.67. The van der Waals surface area contributed by atoms with E-state index in [2.05, 4.69) is 0 Å². The van der Waals surface area contributed by atoms with Crippen molar-refractivity contribution >= 4 is 17.5 Å². The van der Waals surface area contributed by atoms with Gasteiger partial charge in [0.05, 0.1) is 18.1 Å². The van der Waals surface area contributed by atoms with Crippen molar-refractivity contribution in [3.05, 3.63) is 39.4 Å². The van der Waals surface area contributed by atoms with Gasteiger partial charge in [-0.15, -0.1) is 0 Å². The molecule has 140 valence electrons. The summed E-state index contributed by atoms with van der Waals surface area (Å²) in [6.45, 7) is 5.12. The number of hydrogen-bond acceptors (Lipinski definition) is 5. The first-order chi connectivity index (χ1) is 12.5. The van der Waals surface area contributed by atoms with Gasteiger partial charge in [0, 0.05) is 49.3 Å². The van der Waals surface area contributed by atoms with Crippen LogP contribution < -0.4 is 0 Å². The zero-order valence-corrected chi connectivity index (χ0v) is 14.8. The molecule has 3 rings (SSSR count). The fourth-order valence-corrected chi connectivity index (χ4v) is 3.55.